The summed E-state index contributed by atoms with van der Waals surface area (Å²) in [6.45, 7) is 3.26. The number of nitrogens with two attached hydrogens (primary N) is 1. The Hall–Kier alpha value is -1.06. The molecule has 5 saturated carbocycles. The van der Waals surface area contributed by atoms with Crippen molar-refractivity contribution in [1.29, 1.82) is 0 Å². The molecule has 5 unspecified atom stereocenters. The van der Waals surface area contributed by atoms with Gasteiger partial charge in [0.2, 0.25) is 0 Å². The lowest BCUT2D eigenvalue weighted by Crippen LogP contribution is -2.37. The second kappa shape index (κ2) is 7.57. The highest BCUT2D eigenvalue weighted by Gasteiger charge is 2.67. The van der Waals surface area contributed by atoms with E-state index in [1.807, 2.05) is 0 Å². The number of hydrogen-bond acceptors (Lipinski definition) is 2. The second-order valence-electron chi connectivity index (χ2n) is 10.7. The fourth-order valence-electron chi connectivity index (χ4n) is 7.95. The Bertz CT molecular complexity index is 781. The first-order valence-corrected chi connectivity index (χ1v) is 12.3. The van der Waals surface area contributed by atoms with Gasteiger partial charge in [-0.3, -0.25) is 4.99 Å². The van der Waals surface area contributed by atoms with Crippen LogP contribution in [0.3, 0.4) is 0 Å². The molecule has 3 heteroatoms. The fraction of sp³-hybridized carbons (Fsp3) is 0.692. The van der Waals surface area contributed by atoms with Crippen molar-refractivity contribution in [2.24, 2.45) is 45.7 Å². The van der Waals surface area contributed by atoms with Crippen LogP contribution in [-0.2, 0) is 5.41 Å². The van der Waals surface area contributed by atoms with Gasteiger partial charge < -0.3 is 5.73 Å². The van der Waals surface area contributed by atoms with Crippen molar-refractivity contribution in [1.82, 2.24) is 0 Å². The van der Waals surface area contributed by atoms with E-state index in [9.17, 15) is 0 Å². The van der Waals surface area contributed by atoms with E-state index in [0.29, 0.717) is 22.7 Å². The van der Waals surface area contributed by atoms with Crippen LogP contribution in [0.4, 0.5) is 0 Å². The molecule has 29 heavy (non-hydrogen) atoms. The summed E-state index contributed by atoms with van der Waals surface area (Å²) in [5, 5.41) is 0. The van der Waals surface area contributed by atoms with Crippen LogP contribution in [-0.4, -0.2) is 17.7 Å². The number of hydrogen-bond donors (Lipinski definition) is 1. The summed E-state index contributed by atoms with van der Waals surface area (Å²) in [4.78, 5) is 5.98. The molecule has 5 aliphatic rings. The van der Waals surface area contributed by atoms with Crippen LogP contribution in [0.5, 0.6) is 0 Å². The van der Waals surface area contributed by atoms with E-state index in [0.717, 1.165) is 29.3 Å². The summed E-state index contributed by atoms with van der Waals surface area (Å²) in [6.07, 6.45) is 13.9. The summed E-state index contributed by atoms with van der Waals surface area (Å²) in [6, 6.07) is 11.4. The Morgan fingerprint density at radius 2 is 1.90 bits per heavy atom. The molecule has 4 bridgehead atoms. The third kappa shape index (κ3) is 3.24. The van der Waals surface area contributed by atoms with E-state index in [1.54, 1.807) is 5.56 Å². The molecule has 0 aliphatic heterocycles. The molecule has 2 nitrogen and oxygen atoms in total. The lowest BCUT2D eigenvalue weighted by Gasteiger charge is -2.43. The number of rotatable bonds is 5. The van der Waals surface area contributed by atoms with Crippen LogP contribution in [0, 0.1) is 35.0 Å². The van der Waals surface area contributed by atoms with Gasteiger partial charge in [-0.25, -0.2) is 0 Å². The molecule has 6 rings (SSSR count). The minimum Gasteiger partial charge on any atom is -0.330 e. The minimum absolute atomic E-state index is 0.404. The Balaban J connectivity index is 1.32. The predicted octanol–water partition coefficient (Wildman–Crippen LogP) is 5.93. The molecule has 5 fully saturated rings. The van der Waals surface area contributed by atoms with Crippen molar-refractivity contribution in [3.63, 3.8) is 0 Å². The molecule has 5 atom stereocenters. The van der Waals surface area contributed by atoms with E-state index in [1.165, 1.54) is 57.8 Å². The maximum Gasteiger partial charge on any atom is 0.106 e. The van der Waals surface area contributed by atoms with E-state index >= 15 is 0 Å². The van der Waals surface area contributed by atoms with Gasteiger partial charge in [-0.15, -0.1) is 0 Å². The maximum atomic E-state index is 5.99. The van der Waals surface area contributed by atoms with Crippen molar-refractivity contribution in [2.45, 2.75) is 70.1 Å². The zero-order valence-electron chi connectivity index (χ0n) is 17.9. The number of nitrogens with zero attached hydrogens (tertiary/aromatic N) is 1. The summed E-state index contributed by atoms with van der Waals surface area (Å²) in [7, 11) is 0. The third-order valence-corrected chi connectivity index (χ3v) is 9.74. The first-order valence-electron chi connectivity index (χ1n) is 11.9. The van der Waals surface area contributed by atoms with Gasteiger partial charge in [0.25, 0.3) is 0 Å². The van der Waals surface area contributed by atoms with Crippen LogP contribution in [0.15, 0.2) is 35.3 Å². The number of aliphatic imine (C=N–C) groups is 1. The van der Waals surface area contributed by atoms with Crippen LogP contribution < -0.4 is 5.73 Å². The lowest BCUT2D eigenvalue weighted by atomic mass is 9.62. The topological polar surface area (TPSA) is 38.4 Å². The van der Waals surface area contributed by atoms with Crippen molar-refractivity contribution < 1.29 is 0 Å². The van der Waals surface area contributed by atoms with Gasteiger partial charge in [0, 0.05) is 12.1 Å². The number of benzene rings is 1. The Labute approximate surface area is 181 Å². The van der Waals surface area contributed by atoms with Gasteiger partial charge in [-0.2, -0.15) is 0 Å². The predicted molar refractivity (Wildman–Crippen MR) is 125 cm³/mol. The summed E-state index contributed by atoms with van der Waals surface area (Å²) in [5.41, 5.74) is 8.33. The molecule has 5 aliphatic carbocycles. The number of thiocarbonyl (C=S) groups is 1. The second-order valence-corrected chi connectivity index (χ2v) is 11.1. The Kier molecular flexibility index (Phi) is 5.19. The first kappa shape index (κ1) is 19.9. The maximum absolute atomic E-state index is 5.99. The van der Waals surface area contributed by atoms with E-state index < -0.39 is 0 Å². The molecule has 0 saturated heterocycles. The monoisotopic (exact) mass is 408 g/mol. The average molecular weight is 409 g/mol. The van der Waals surface area contributed by atoms with Crippen LogP contribution in [0.25, 0.3) is 0 Å². The smallest absolute Gasteiger partial charge is 0.106 e. The van der Waals surface area contributed by atoms with E-state index in [-0.39, 0.29) is 0 Å². The normalized spacial score (nSPS) is 43.3. The fourth-order valence-corrected chi connectivity index (χ4v) is 8.37. The molecule has 156 valence electrons. The largest absolute Gasteiger partial charge is 0.330 e. The Morgan fingerprint density at radius 3 is 2.59 bits per heavy atom. The van der Waals surface area contributed by atoms with Gasteiger partial charge >= 0.3 is 0 Å². The van der Waals surface area contributed by atoms with Crippen molar-refractivity contribution in [3.05, 3.63) is 35.9 Å². The molecule has 1 aromatic carbocycles. The van der Waals surface area contributed by atoms with Crippen LogP contribution in [0.1, 0.15) is 70.3 Å². The van der Waals surface area contributed by atoms with Gasteiger partial charge in [0.1, 0.15) is 4.99 Å². The Morgan fingerprint density at radius 1 is 1.14 bits per heavy atom. The quantitative estimate of drug-likeness (QED) is 0.484. The highest BCUT2D eigenvalue weighted by Crippen LogP contribution is 2.73. The average Bonchev–Trinajstić information content (AvgIpc) is 3.14. The summed E-state index contributed by atoms with van der Waals surface area (Å²) < 4.78 is 0. The molecule has 1 aromatic rings. The first-order chi connectivity index (χ1) is 14.1. The molecule has 0 heterocycles. The molecule has 0 radical (unpaired) electrons. The standard InChI is InChI=1S/C26H36N2S/c1-2-25-12-20-13-26(17-25,21-6-4-3-5-7-21)14-22(25)23(20)24(29)28-16-19-10-8-18(15-27)9-11-19/h3-7,16,18-20,22-23H,2,8-15,17,27H2,1H3/b28-16+. The SMILES string of the molecule is CCC12CC3CC(c4ccccc4)(CC1C3C(=S)/N=C/C1CCC(CN)CC1)C2. The lowest BCUT2D eigenvalue weighted by molar-refractivity contribution is 0.168. The molecule has 2 N–H and O–H groups in total. The highest BCUT2D eigenvalue weighted by molar-refractivity contribution is 7.80. The molecule has 0 aromatic heterocycles. The summed E-state index contributed by atoms with van der Waals surface area (Å²) >= 11 is 5.99. The zero-order valence-corrected chi connectivity index (χ0v) is 18.7. The van der Waals surface area contributed by atoms with Gasteiger partial charge in [0.15, 0.2) is 0 Å². The molecular formula is C26H36N2S. The van der Waals surface area contributed by atoms with Crippen molar-refractivity contribution in [3.8, 4) is 0 Å². The third-order valence-electron chi connectivity index (χ3n) is 9.36. The van der Waals surface area contributed by atoms with E-state index in [2.05, 4.69) is 43.5 Å². The van der Waals surface area contributed by atoms with Gasteiger partial charge in [-0.05, 0) is 98.0 Å². The van der Waals surface area contributed by atoms with Crippen molar-refractivity contribution >= 4 is 23.4 Å². The van der Waals surface area contributed by atoms with Crippen molar-refractivity contribution in [2.75, 3.05) is 6.54 Å². The summed E-state index contributed by atoms with van der Waals surface area (Å²) in [5.74, 6) is 3.36. The minimum atomic E-state index is 0.404. The molecule has 0 amide bonds. The highest BCUT2D eigenvalue weighted by atomic mass is 32.1. The van der Waals surface area contributed by atoms with E-state index in [4.69, 9.17) is 22.9 Å². The molecule has 0 spiro atoms. The van der Waals surface area contributed by atoms with Crippen LogP contribution >= 0.6 is 12.2 Å². The van der Waals surface area contributed by atoms with Crippen LogP contribution in [0.2, 0.25) is 0 Å². The van der Waals surface area contributed by atoms with Gasteiger partial charge in [-0.1, -0.05) is 55.9 Å². The molecular weight excluding hydrogens is 372 g/mol. The van der Waals surface area contributed by atoms with Gasteiger partial charge in [0.05, 0.1) is 0 Å². The zero-order chi connectivity index (χ0) is 20.1.